The molecule has 0 bridgehead atoms. The minimum absolute atomic E-state index is 0.000602. The first-order chi connectivity index (χ1) is 6.58. The minimum atomic E-state index is -1.47. The highest BCUT2D eigenvalue weighted by Gasteiger charge is 2.45. The molecular weight excluding hydrogens is 185 g/mol. The van der Waals surface area contributed by atoms with Crippen LogP contribution in [0.4, 0.5) is 4.39 Å². The molecule has 0 aromatic heterocycles. The smallest absolute Gasteiger partial charge is 0.199 e. The lowest BCUT2D eigenvalue weighted by Crippen LogP contribution is -2.30. The van der Waals surface area contributed by atoms with Gasteiger partial charge < -0.3 is 10.4 Å². The summed E-state index contributed by atoms with van der Waals surface area (Å²) in [6.45, 7) is 1.78. The van der Waals surface area contributed by atoms with E-state index in [0.29, 0.717) is 12.0 Å². The lowest BCUT2D eigenvalue weighted by atomic mass is 9.91. The van der Waals surface area contributed by atoms with Gasteiger partial charge in [-0.3, -0.25) is 4.79 Å². The van der Waals surface area contributed by atoms with Crippen LogP contribution in [0.15, 0.2) is 23.4 Å². The van der Waals surface area contributed by atoms with Crippen molar-refractivity contribution in [2.24, 2.45) is 0 Å². The van der Waals surface area contributed by atoms with E-state index in [1.807, 2.05) is 0 Å². The number of nitrogens with one attached hydrogen (secondary N) is 1. The van der Waals surface area contributed by atoms with Crippen LogP contribution in [0, 0.1) is 0 Å². The Morgan fingerprint density at radius 2 is 2.50 bits per heavy atom. The van der Waals surface area contributed by atoms with Crippen LogP contribution in [0.1, 0.15) is 19.8 Å². The number of Topliss-reactive ketones (excluding diaryl/α,β-unsaturated/α-hetero) is 1. The number of rotatable bonds is 1. The lowest BCUT2D eigenvalue weighted by Gasteiger charge is -2.24. The van der Waals surface area contributed by atoms with Gasteiger partial charge in [-0.2, -0.15) is 0 Å². The number of ketones is 1. The lowest BCUT2D eigenvalue weighted by molar-refractivity contribution is -0.117. The van der Waals surface area contributed by atoms with Crippen molar-refractivity contribution < 1.29 is 14.3 Å². The third kappa shape index (κ3) is 1.10. The number of hydrogen-bond acceptors (Lipinski definition) is 3. The van der Waals surface area contributed by atoms with Crippen LogP contribution >= 0.6 is 0 Å². The molecule has 2 rings (SSSR count). The van der Waals surface area contributed by atoms with E-state index in [1.54, 1.807) is 13.0 Å². The standard InChI is InChI=1S/C10H12FNO2/c1-2-10(14)5-7(13)8-6(10)3-4-12-9(8)11/h3-4,9,12,14H,2,5H2,1H3/t9-,10-/m0/s1. The summed E-state index contributed by atoms with van der Waals surface area (Å²) in [5.41, 5.74) is -0.622. The van der Waals surface area contributed by atoms with Crippen molar-refractivity contribution in [2.75, 3.05) is 0 Å². The van der Waals surface area contributed by atoms with Crippen LogP contribution in [0.5, 0.6) is 0 Å². The van der Waals surface area contributed by atoms with Crippen LogP contribution < -0.4 is 5.32 Å². The Morgan fingerprint density at radius 3 is 3.14 bits per heavy atom. The molecule has 1 heterocycles. The van der Waals surface area contributed by atoms with Crippen molar-refractivity contribution >= 4 is 5.78 Å². The zero-order valence-electron chi connectivity index (χ0n) is 7.88. The summed E-state index contributed by atoms with van der Waals surface area (Å²) in [5, 5.41) is 12.5. The van der Waals surface area contributed by atoms with Gasteiger partial charge in [0.05, 0.1) is 11.2 Å². The summed E-state index contributed by atoms with van der Waals surface area (Å²) in [6.07, 6.45) is 1.97. The zero-order chi connectivity index (χ0) is 10.3. The van der Waals surface area contributed by atoms with Gasteiger partial charge in [0.15, 0.2) is 12.1 Å². The molecule has 0 aromatic rings. The molecule has 0 saturated carbocycles. The number of carbonyl (C=O) groups is 1. The van der Waals surface area contributed by atoms with Gasteiger partial charge in [-0.05, 0) is 24.3 Å². The third-order valence-electron chi connectivity index (χ3n) is 2.88. The zero-order valence-corrected chi connectivity index (χ0v) is 7.88. The van der Waals surface area contributed by atoms with Crippen molar-refractivity contribution in [3.63, 3.8) is 0 Å². The quantitative estimate of drug-likeness (QED) is 0.611. The monoisotopic (exact) mass is 197 g/mol. The molecule has 2 N–H and O–H groups in total. The largest absolute Gasteiger partial charge is 0.385 e. The molecule has 76 valence electrons. The molecule has 0 aromatic carbocycles. The van der Waals surface area contributed by atoms with E-state index in [4.69, 9.17) is 0 Å². The topological polar surface area (TPSA) is 49.3 Å². The van der Waals surface area contributed by atoms with Crippen LogP contribution in [0.2, 0.25) is 0 Å². The molecule has 0 fully saturated rings. The van der Waals surface area contributed by atoms with Gasteiger partial charge in [-0.1, -0.05) is 6.92 Å². The maximum Gasteiger partial charge on any atom is 0.199 e. The molecule has 14 heavy (non-hydrogen) atoms. The average molecular weight is 197 g/mol. The second kappa shape index (κ2) is 2.92. The van der Waals surface area contributed by atoms with E-state index in [9.17, 15) is 14.3 Å². The van der Waals surface area contributed by atoms with Crippen LogP contribution in [-0.2, 0) is 4.79 Å². The summed E-state index contributed by atoms with van der Waals surface area (Å²) in [6, 6.07) is 0. The fraction of sp³-hybridized carbons (Fsp3) is 0.500. The molecule has 1 aliphatic carbocycles. The van der Waals surface area contributed by atoms with Gasteiger partial charge in [0.1, 0.15) is 0 Å². The first-order valence-electron chi connectivity index (χ1n) is 4.65. The number of halogens is 1. The van der Waals surface area contributed by atoms with E-state index >= 15 is 0 Å². The highest BCUT2D eigenvalue weighted by Crippen LogP contribution is 2.39. The van der Waals surface area contributed by atoms with E-state index < -0.39 is 11.9 Å². The van der Waals surface area contributed by atoms with Gasteiger partial charge in [0.2, 0.25) is 0 Å². The predicted octanol–water partition coefficient (Wildman–Crippen LogP) is 0.809. The summed E-state index contributed by atoms with van der Waals surface area (Å²) in [5.74, 6) is -0.297. The fourth-order valence-corrected chi connectivity index (χ4v) is 1.99. The van der Waals surface area contributed by atoms with Gasteiger partial charge in [-0.15, -0.1) is 0 Å². The van der Waals surface area contributed by atoms with E-state index in [2.05, 4.69) is 5.32 Å². The Labute approximate surface area is 81.3 Å². The van der Waals surface area contributed by atoms with Crippen molar-refractivity contribution in [1.29, 1.82) is 0 Å². The SMILES string of the molecule is CC[C@]1(O)CC(=O)C2=C1C=CN[C@@H]2F. The van der Waals surface area contributed by atoms with Crippen LogP contribution in [0.25, 0.3) is 0 Å². The Morgan fingerprint density at radius 1 is 1.79 bits per heavy atom. The normalized spacial score (nSPS) is 35.9. The van der Waals surface area contributed by atoms with Crippen molar-refractivity contribution in [3.8, 4) is 0 Å². The highest BCUT2D eigenvalue weighted by molar-refractivity contribution is 6.02. The average Bonchev–Trinajstić information content (AvgIpc) is 2.41. The first kappa shape index (κ1) is 9.40. The van der Waals surface area contributed by atoms with Gasteiger partial charge in [0.25, 0.3) is 0 Å². The molecule has 3 nitrogen and oxygen atoms in total. The second-order valence-electron chi connectivity index (χ2n) is 3.67. The highest BCUT2D eigenvalue weighted by atomic mass is 19.1. The van der Waals surface area contributed by atoms with Crippen molar-refractivity contribution in [3.05, 3.63) is 23.4 Å². The molecule has 2 atom stereocenters. The van der Waals surface area contributed by atoms with E-state index in [-0.39, 0.29) is 17.8 Å². The number of dihydropyridines is 1. The minimum Gasteiger partial charge on any atom is -0.385 e. The molecule has 1 aliphatic heterocycles. The molecule has 0 spiro atoms. The molecule has 2 aliphatic rings. The van der Waals surface area contributed by atoms with E-state index in [1.165, 1.54) is 6.20 Å². The number of aliphatic hydroxyl groups is 1. The molecule has 0 unspecified atom stereocenters. The van der Waals surface area contributed by atoms with E-state index in [0.717, 1.165) is 0 Å². The summed E-state index contributed by atoms with van der Waals surface area (Å²) in [4.78, 5) is 11.5. The summed E-state index contributed by atoms with van der Waals surface area (Å²) >= 11 is 0. The summed E-state index contributed by atoms with van der Waals surface area (Å²) in [7, 11) is 0. The second-order valence-corrected chi connectivity index (χ2v) is 3.67. The van der Waals surface area contributed by atoms with Crippen molar-refractivity contribution in [1.82, 2.24) is 5.32 Å². The van der Waals surface area contributed by atoms with Crippen molar-refractivity contribution in [2.45, 2.75) is 31.7 Å². The Bertz CT molecular complexity index is 348. The predicted molar refractivity (Wildman–Crippen MR) is 49.1 cm³/mol. The maximum absolute atomic E-state index is 13.3. The van der Waals surface area contributed by atoms with Gasteiger partial charge >= 0.3 is 0 Å². The Hall–Kier alpha value is -1.16. The summed E-state index contributed by atoms with van der Waals surface area (Å²) < 4.78 is 13.3. The number of carbonyl (C=O) groups excluding carboxylic acids is 1. The Balaban J connectivity index is 2.49. The fourth-order valence-electron chi connectivity index (χ4n) is 1.99. The van der Waals surface area contributed by atoms with Crippen LogP contribution in [0.3, 0.4) is 0 Å². The molecule has 0 saturated heterocycles. The van der Waals surface area contributed by atoms with Crippen LogP contribution in [-0.4, -0.2) is 22.8 Å². The Kier molecular flexibility index (Phi) is 1.96. The van der Waals surface area contributed by atoms with Gasteiger partial charge in [0, 0.05) is 6.42 Å². The molecule has 0 amide bonds. The number of alkyl halides is 1. The maximum atomic E-state index is 13.3. The molecule has 0 radical (unpaired) electrons. The first-order valence-corrected chi connectivity index (χ1v) is 4.65. The number of hydrogen-bond donors (Lipinski definition) is 2. The third-order valence-corrected chi connectivity index (χ3v) is 2.88. The molecule has 4 heteroatoms. The molecular formula is C10H12FNO2. The van der Waals surface area contributed by atoms with Gasteiger partial charge in [-0.25, -0.2) is 4.39 Å².